The van der Waals surface area contributed by atoms with Gasteiger partial charge in [0, 0.05) is 18.5 Å². The summed E-state index contributed by atoms with van der Waals surface area (Å²) in [5.74, 6) is 0. The van der Waals surface area contributed by atoms with Crippen LogP contribution in [-0.2, 0) is 0 Å². The van der Waals surface area contributed by atoms with Gasteiger partial charge in [-0.1, -0.05) is 19.3 Å². The van der Waals surface area contributed by atoms with Gasteiger partial charge in [0.05, 0.1) is 6.07 Å². The molecule has 0 spiro atoms. The topological polar surface area (TPSA) is 27.0 Å². The average Bonchev–Trinajstić information content (AvgIpc) is 2.26. The Labute approximate surface area is 101 Å². The van der Waals surface area contributed by atoms with Crippen LogP contribution in [0.3, 0.4) is 0 Å². The molecule has 0 unspecified atom stereocenters. The summed E-state index contributed by atoms with van der Waals surface area (Å²) in [5, 5.41) is 8.44. The zero-order chi connectivity index (χ0) is 11.8. The maximum Gasteiger partial charge on any atom is 0.0621 e. The van der Waals surface area contributed by atoms with Crippen LogP contribution >= 0.6 is 0 Å². The number of unbranched alkanes of at least 4 members (excludes halogenated alkanes) is 4. The number of likely N-dealkylation sites (tertiary alicyclic amines) is 1. The summed E-state index contributed by atoms with van der Waals surface area (Å²) in [4.78, 5) is 2.67. The molecule has 2 heteroatoms. The molecule has 0 bridgehead atoms. The Bertz CT molecular complexity index is 209. The molecule has 1 aliphatic heterocycles. The van der Waals surface area contributed by atoms with E-state index in [1.54, 1.807) is 0 Å². The Morgan fingerprint density at radius 3 is 2.31 bits per heavy atom. The fraction of sp³-hybridized carbons (Fsp3) is 0.929. The van der Waals surface area contributed by atoms with E-state index < -0.39 is 0 Å². The van der Waals surface area contributed by atoms with Gasteiger partial charge in [-0.25, -0.2) is 0 Å². The van der Waals surface area contributed by atoms with Crippen LogP contribution < -0.4 is 0 Å². The average molecular weight is 222 g/mol. The van der Waals surface area contributed by atoms with E-state index in [1.165, 1.54) is 45.1 Å². The minimum atomic E-state index is 0.733. The second-order valence-corrected chi connectivity index (χ2v) is 5.19. The van der Waals surface area contributed by atoms with Crippen LogP contribution in [0, 0.1) is 11.3 Å². The van der Waals surface area contributed by atoms with Crippen molar-refractivity contribution in [3.05, 3.63) is 0 Å². The summed E-state index contributed by atoms with van der Waals surface area (Å²) in [6, 6.07) is 3.77. The van der Waals surface area contributed by atoms with Gasteiger partial charge < -0.3 is 0 Å². The van der Waals surface area contributed by atoms with E-state index in [-0.39, 0.29) is 0 Å². The number of nitriles is 1. The minimum absolute atomic E-state index is 0.733. The molecule has 0 saturated carbocycles. The molecular weight excluding hydrogens is 196 g/mol. The summed E-state index contributed by atoms with van der Waals surface area (Å²) >= 11 is 0. The lowest BCUT2D eigenvalue weighted by Crippen LogP contribution is -2.44. The maximum absolute atomic E-state index is 8.44. The van der Waals surface area contributed by atoms with Gasteiger partial charge in [0.15, 0.2) is 0 Å². The van der Waals surface area contributed by atoms with Crippen molar-refractivity contribution in [1.29, 1.82) is 5.26 Å². The number of hydrogen-bond donors (Lipinski definition) is 0. The highest BCUT2D eigenvalue weighted by molar-refractivity contribution is 4.79. The van der Waals surface area contributed by atoms with E-state index in [0.717, 1.165) is 24.9 Å². The van der Waals surface area contributed by atoms with E-state index in [0.29, 0.717) is 0 Å². The molecule has 0 radical (unpaired) electrons. The first-order valence-corrected chi connectivity index (χ1v) is 6.88. The minimum Gasteiger partial charge on any atom is -0.298 e. The summed E-state index contributed by atoms with van der Waals surface area (Å²) in [6.07, 6.45) is 9.79. The Kier molecular flexibility index (Phi) is 6.49. The molecule has 0 aromatic heterocycles. The van der Waals surface area contributed by atoms with Gasteiger partial charge in [-0.2, -0.15) is 5.26 Å². The molecule has 92 valence electrons. The number of nitrogens with zero attached hydrogens (tertiary/aromatic N) is 2. The van der Waals surface area contributed by atoms with Gasteiger partial charge in [-0.05, 0) is 46.1 Å². The summed E-state index contributed by atoms with van der Waals surface area (Å²) in [6.45, 7) is 5.99. The van der Waals surface area contributed by atoms with E-state index in [1.807, 2.05) is 0 Å². The molecule has 1 fully saturated rings. The zero-order valence-electron chi connectivity index (χ0n) is 10.9. The molecule has 2 nitrogen and oxygen atoms in total. The number of rotatable bonds is 6. The van der Waals surface area contributed by atoms with Crippen LogP contribution in [-0.4, -0.2) is 23.5 Å². The van der Waals surface area contributed by atoms with Gasteiger partial charge in [0.1, 0.15) is 0 Å². The highest BCUT2D eigenvalue weighted by Crippen LogP contribution is 2.22. The second-order valence-electron chi connectivity index (χ2n) is 5.19. The third-order valence-electron chi connectivity index (χ3n) is 3.83. The predicted molar refractivity (Wildman–Crippen MR) is 68.2 cm³/mol. The largest absolute Gasteiger partial charge is 0.298 e. The van der Waals surface area contributed by atoms with Crippen LogP contribution in [0.2, 0.25) is 0 Å². The molecule has 0 N–H and O–H groups in total. The predicted octanol–water partition coefficient (Wildman–Crippen LogP) is 3.72. The Hall–Kier alpha value is -0.550. The van der Waals surface area contributed by atoms with Crippen molar-refractivity contribution in [2.24, 2.45) is 0 Å². The molecule has 0 amide bonds. The van der Waals surface area contributed by atoms with Crippen molar-refractivity contribution < 1.29 is 0 Å². The quantitative estimate of drug-likeness (QED) is 0.640. The third-order valence-corrected chi connectivity index (χ3v) is 3.83. The molecule has 2 atom stereocenters. The van der Waals surface area contributed by atoms with Crippen molar-refractivity contribution in [3.63, 3.8) is 0 Å². The van der Waals surface area contributed by atoms with Crippen molar-refractivity contribution in [1.82, 2.24) is 4.90 Å². The van der Waals surface area contributed by atoms with Gasteiger partial charge in [0.25, 0.3) is 0 Å². The Balaban J connectivity index is 2.09. The summed E-state index contributed by atoms with van der Waals surface area (Å²) in [7, 11) is 0. The lowest BCUT2D eigenvalue weighted by Gasteiger charge is -2.39. The molecule has 16 heavy (non-hydrogen) atoms. The van der Waals surface area contributed by atoms with E-state index >= 15 is 0 Å². The highest BCUT2D eigenvalue weighted by atomic mass is 15.2. The van der Waals surface area contributed by atoms with Crippen molar-refractivity contribution in [2.45, 2.75) is 77.3 Å². The van der Waals surface area contributed by atoms with Crippen molar-refractivity contribution in [2.75, 3.05) is 6.54 Å². The Morgan fingerprint density at radius 2 is 1.69 bits per heavy atom. The molecule has 1 heterocycles. The van der Waals surface area contributed by atoms with Crippen molar-refractivity contribution >= 4 is 0 Å². The lowest BCUT2D eigenvalue weighted by atomic mass is 9.97. The van der Waals surface area contributed by atoms with Crippen LogP contribution in [0.5, 0.6) is 0 Å². The molecule has 1 aliphatic rings. The smallest absolute Gasteiger partial charge is 0.0621 e. The fourth-order valence-corrected chi connectivity index (χ4v) is 2.77. The van der Waals surface area contributed by atoms with Crippen LogP contribution in [0.15, 0.2) is 0 Å². The van der Waals surface area contributed by atoms with E-state index in [4.69, 9.17) is 5.26 Å². The van der Waals surface area contributed by atoms with Crippen LogP contribution in [0.25, 0.3) is 0 Å². The number of hydrogen-bond acceptors (Lipinski definition) is 2. The molecule has 1 rings (SSSR count). The third kappa shape index (κ3) is 4.53. The molecular formula is C14H26N2. The first-order chi connectivity index (χ1) is 7.75. The van der Waals surface area contributed by atoms with E-state index in [2.05, 4.69) is 24.8 Å². The number of piperidine rings is 1. The monoisotopic (exact) mass is 222 g/mol. The lowest BCUT2D eigenvalue weighted by molar-refractivity contribution is 0.101. The van der Waals surface area contributed by atoms with Gasteiger partial charge in [-0.15, -0.1) is 0 Å². The second kappa shape index (κ2) is 7.68. The molecule has 0 aliphatic carbocycles. The molecule has 0 aromatic rings. The summed E-state index contributed by atoms with van der Waals surface area (Å²) in [5.41, 5.74) is 0. The van der Waals surface area contributed by atoms with Crippen LogP contribution in [0.4, 0.5) is 0 Å². The normalized spacial score (nSPS) is 26.6. The van der Waals surface area contributed by atoms with Gasteiger partial charge in [0.2, 0.25) is 0 Å². The zero-order valence-corrected chi connectivity index (χ0v) is 10.9. The maximum atomic E-state index is 8.44. The van der Waals surface area contributed by atoms with E-state index in [9.17, 15) is 0 Å². The first kappa shape index (κ1) is 13.5. The SMILES string of the molecule is C[C@@H]1CCC[C@@H](C)N1CCCCCCC#N. The molecule has 1 saturated heterocycles. The standard InChI is InChI=1S/C14H26N2/c1-13-9-8-10-14(2)16(13)12-7-5-3-4-6-11-15/h13-14H,3-10,12H2,1-2H3/t13-,14-/m1/s1. The molecule has 0 aromatic carbocycles. The van der Waals surface area contributed by atoms with Crippen molar-refractivity contribution in [3.8, 4) is 6.07 Å². The Morgan fingerprint density at radius 1 is 1.06 bits per heavy atom. The van der Waals surface area contributed by atoms with Gasteiger partial charge >= 0.3 is 0 Å². The summed E-state index contributed by atoms with van der Waals surface area (Å²) < 4.78 is 0. The first-order valence-electron chi connectivity index (χ1n) is 6.88. The van der Waals surface area contributed by atoms with Crippen LogP contribution in [0.1, 0.15) is 65.2 Å². The highest BCUT2D eigenvalue weighted by Gasteiger charge is 2.23. The van der Waals surface area contributed by atoms with Gasteiger partial charge in [-0.3, -0.25) is 4.90 Å². The fourth-order valence-electron chi connectivity index (χ4n) is 2.77.